The van der Waals surface area contributed by atoms with Gasteiger partial charge in [0.15, 0.2) is 0 Å². The molecule has 0 fully saturated rings. The minimum absolute atomic E-state index is 0.361. The van der Waals surface area contributed by atoms with Crippen LogP contribution in [0.3, 0.4) is 0 Å². The molecule has 1 N–H and O–H groups in total. The first-order valence-electron chi connectivity index (χ1n) is 3.58. The van der Waals surface area contributed by atoms with Crippen LogP contribution in [0.15, 0.2) is 12.2 Å². The van der Waals surface area contributed by atoms with Crippen molar-refractivity contribution in [3.8, 4) is 0 Å². The van der Waals surface area contributed by atoms with Gasteiger partial charge in [0.25, 0.3) is 0 Å². The Morgan fingerprint density at radius 1 is 1.60 bits per heavy atom. The van der Waals surface area contributed by atoms with Gasteiger partial charge in [-0.2, -0.15) is 0 Å². The highest BCUT2D eigenvalue weighted by atomic mass is 16.3. The molecule has 0 saturated carbocycles. The van der Waals surface area contributed by atoms with Crippen molar-refractivity contribution in [2.75, 3.05) is 20.6 Å². The van der Waals surface area contributed by atoms with E-state index in [1.54, 1.807) is 0 Å². The second kappa shape index (κ2) is 4.47. The number of nitrogens with zero attached hydrogens (tertiary/aromatic N) is 1. The summed E-state index contributed by atoms with van der Waals surface area (Å²) < 4.78 is 0. The summed E-state index contributed by atoms with van der Waals surface area (Å²) in [6, 6.07) is 0. The minimum atomic E-state index is -0.361. The van der Waals surface area contributed by atoms with E-state index in [1.807, 2.05) is 25.9 Å². The van der Waals surface area contributed by atoms with E-state index in [2.05, 4.69) is 6.58 Å². The zero-order chi connectivity index (χ0) is 8.15. The lowest BCUT2D eigenvalue weighted by Gasteiger charge is -2.16. The van der Waals surface area contributed by atoms with E-state index in [4.69, 9.17) is 0 Å². The molecule has 0 aromatic rings. The summed E-state index contributed by atoms with van der Waals surface area (Å²) in [7, 11) is 3.87. The van der Waals surface area contributed by atoms with Crippen LogP contribution in [0.5, 0.6) is 0 Å². The summed E-state index contributed by atoms with van der Waals surface area (Å²) in [5, 5.41) is 9.35. The highest BCUT2D eigenvalue weighted by Crippen LogP contribution is 2.03. The van der Waals surface area contributed by atoms with Crippen molar-refractivity contribution < 1.29 is 5.11 Å². The Bertz CT molecular complexity index is 110. The van der Waals surface area contributed by atoms with E-state index in [0.29, 0.717) is 6.54 Å². The first kappa shape index (κ1) is 9.66. The second-order valence-electron chi connectivity index (χ2n) is 2.79. The summed E-state index contributed by atoms with van der Waals surface area (Å²) in [5.41, 5.74) is 0.911. The molecule has 1 unspecified atom stereocenters. The molecule has 0 aliphatic rings. The maximum Gasteiger partial charge on any atom is 0.0874 e. The van der Waals surface area contributed by atoms with Gasteiger partial charge >= 0.3 is 0 Å². The molecule has 0 aromatic carbocycles. The summed E-state index contributed by atoms with van der Waals surface area (Å²) in [5.74, 6) is 0. The van der Waals surface area contributed by atoms with E-state index < -0.39 is 0 Å². The molecule has 0 spiro atoms. The predicted octanol–water partition coefficient (Wildman–Crippen LogP) is 0.875. The molecule has 0 heterocycles. The van der Waals surface area contributed by atoms with Gasteiger partial charge in [-0.15, -0.1) is 0 Å². The standard InChI is InChI=1S/C8H17NO/c1-5-7(2)8(10)6-9(3)4/h8,10H,2,5-6H2,1,3-4H3. The van der Waals surface area contributed by atoms with Crippen molar-refractivity contribution in [3.63, 3.8) is 0 Å². The highest BCUT2D eigenvalue weighted by Gasteiger charge is 2.06. The Morgan fingerprint density at radius 3 is 2.40 bits per heavy atom. The van der Waals surface area contributed by atoms with E-state index in [-0.39, 0.29) is 6.10 Å². The van der Waals surface area contributed by atoms with Crippen molar-refractivity contribution >= 4 is 0 Å². The van der Waals surface area contributed by atoms with Crippen LogP contribution in [0.1, 0.15) is 13.3 Å². The summed E-state index contributed by atoms with van der Waals surface area (Å²) >= 11 is 0. The van der Waals surface area contributed by atoms with Gasteiger partial charge in [-0.3, -0.25) is 0 Å². The van der Waals surface area contributed by atoms with Gasteiger partial charge in [0.05, 0.1) is 6.10 Å². The zero-order valence-electron chi connectivity index (χ0n) is 7.09. The van der Waals surface area contributed by atoms with Gasteiger partial charge in [0, 0.05) is 6.54 Å². The van der Waals surface area contributed by atoms with Crippen LogP contribution < -0.4 is 0 Å². The molecule has 0 amide bonds. The van der Waals surface area contributed by atoms with Gasteiger partial charge in [-0.25, -0.2) is 0 Å². The van der Waals surface area contributed by atoms with Crippen molar-refractivity contribution in [2.45, 2.75) is 19.4 Å². The molecule has 0 aliphatic heterocycles. The monoisotopic (exact) mass is 143 g/mol. The number of hydrogen-bond donors (Lipinski definition) is 1. The van der Waals surface area contributed by atoms with Gasteiger partial charge in [0.2, 0.25) is 0 Å². The number of hydrogen-bond acceptors (Lipinski definition) is 2. The molecule has 0 bridgehead atoms. The topological polar surface area (TPSA) is 23.5 Å². The lowest BCUT2D eigenvalue weighted by Crippen LogP contribution is -2.26. The quantitative estimate of drug-likeness (QED) is 0.590. The molecule has 60 valence electrons. The van der Waals surface area contributed by atoms with Crippen LogP contribution in [0, 0.1) is 0 Å². The van der Waals surface area contributed by atoms with E-state index in [9.17, 15) is 5.11 Å². The third-order valence-corrected chi connectivity index (χ3v) is 1.46. The molecule has 0 radical (unpaired) electrons. The van der Waals surface area contributed by atoms with Crippen LogP contribution in [0.4, 0.5) is 0 Å². The Kier molecular flexibility index (Phi) is 4.32. The Labute approximate surface area is 63.2 Å². The number of aliphatic hydroxyl groups excluding tert-OH is 1. The molecule has 2 nitrogen and oxygen atoms in total. The van der Waals surface area contributed by atoms with Crippen LogP contribution in [0.25, 0.3) is 0 Å². The van der Waals surface area contributed by atoms with Gasteiger partial charge in [-0.05, 0) is 26.1 Å². The summed E-state index contributed by atoms with van der Waals surface area (Å²) in [6.45, 7) is 6.42. The van der Waals surface area contributed by atoms with Crippen LogP contribution in [0.2, 0.25) is 0 Å². The van der Waals surface area contributed by atoms with Gasteiger partial charge in [0.1, 0.15) is 0 Å². The van der Waals surface area contributed by atoms with E-state index >= 15 is 0 Å². The smallest absolute Gasteiger partial charge is 0.0874 e. The fourth-order valence-electron chi connectivity index (χ4n) is 0.711. The van der Waals surface area contributed by atoms with Crippen molar-refractivity contribution in [1.29, 1.82) is 0 Å². The fraction of sp³-hybridized carbons (Fsp3) is 0.750. The van der Waals surface area contributed by atoms with E-state index in [1.165, 1.54) is 0 Å². The number of rotatable bonds is 4. The summed E-state index contributed by atoms with van der Waals surface area (Å²) in [6.07, 6.45) is 0.495. The maximum absolute atomic E-state index is 9.35. The van der Waals surface area contributed by atoms with E-state index in [0.717, 1.165) is 12.0 Å². The Hall–Kier alpha value is -0.340. The first-order chi connectivity index (χ1) is 4.57. The Balaban J connectivity index is 3.61. The molecule has 0 aromatic heterocycles. The van der Waals surface area contributed by atoms with Gasteiger partial charge in [-0.1, -0.05) is 13.5 Å². The number of likely N-dealkylation sites (N-methyl/N-ethyl adjacent to an activating group) is 1. The highest BCUT2D eigenvalue weighted by molar-refractivity contribution is 5.00. The average Bonchev–Trinajstić information content (AvgIpc) is 1.85. The second-order valence-corrected chi connectivity index (χ2v) is 2.79. The first-order valence-corrected chi connectivity index (χ1v) is 3.58. The van der Waals surface area contributed by atoms with Crippen LogP contribution in [-0.2, 0) is 0 Å². The molecule has 0 aliphatic carbocycles. The number of aliphatic hydroxyl groups is 1. The molecular formula is C8H17NO. The lowest BCUT2D eigenvalue weighted by molar-refractivity contribution is 0.165. The molecule has 0 saturated heterocycles. The minimum Gasteiger partial charge on any atom is -0.387 e. The molecular weight excluding hydrogens is 126 g/mol. The fourth-order valence-corrected chi connectivity index (χ4v) is 0.711. The average molecular weight is 143 g/mol. The normalized spacial score (nSPS) is 13.7. The largest absolute Gasteiger partial charge is 0.387 e. The Morgan fingerprint density at radius 2 is 2.10 bits per heavy atom. The third kappa shape index (κ3) is 3.64. The third-order valence-electron chi connectivity index (χ3n) is 1.46. The van der Waals surface area contributed by atoms with Crippen molar-refractivity contribution in [1.82, 2.24) is 4.90 Å². The predicted molar refractivity (Wildman–Crippen MR) is 44.0 cm³/mol. The SMILES string of the molecule is C=C(CC)C(O)CN(C)C. The zero-order valence-corrected chi connectivity index (χ0v) is 7.09. The molecule has 0 rings (SSSR count). The van der Waals surface area contributed by atoms with Crippen LogP contribution in [-0.4, -0.2) is 36.8 Å². The van der Waals surface area contributed by atoms with Crippen LogP contribution >= 0.6 is 0 Å². The molecule has 1 atom stereocenters. The van der Waals surface area contributed by atoms with Crippen molar-refractivity contribution in [2.24, 2.45) is 0 Å². The lowest BCUT2D eigenvalue weighted by atomic mass is 10.1. The van der Waals surface area contributed by atoms with Crippen molar-refractivity contribution in [3.05, 3.63) is 12.2 Å². The van der Waals surface area contributed by atoms with Gasteiger partial charge < -0.3 is 10.0 Å². The molecule has 2 heteroatoms. The molecule has 10 heavy (non-hydrogen) atoms. The summed E-state index contributed by atoms with van der Waals surface area (Å²) in [4.78, 5) is 1.95. The maximum atomic E-state index is 9.35.